The molecule has 0 unspecified atom stereocenters. The molecule has 1 rings (SSSR count). The van der Waals surface area contributed by atoms with Gasteiger partial charge in [-0.25, -0.2) is 8.78 Å². The lowest BCUT2D eigenvalue weighted by Crippen LogP contribution is -2.54. The highest BCUT2D eigenvalue weighted by Crippen LogP contribution is 2.30. The van der Waals surface area contributed by atoms with Gasteiger partial charge in [0.25, 0.3) is 5.92 Å². The van der Waals surface area contributed by atoms with E-state index >= 15 is 0 Å². The molecule has 1 saturated heterocycles. The molecule has 1 atom stereocenters. The molecule has 0 aromatic heterocycles. The standard InChI is InChI=1S/C6H11F2N/c1-6(7,8)5-3-4-9(5)2/h5H,3-4H2,1-2H3/t5-/m0/s1. The van der Waals surface area contributed by atoms with Gasteiger partial charge in [-0.15, -0.1) is 0 Å². The predicted molar refractivity (Wildman–Crippen MR) is 31.7 cm³/mol. The Balaban J connectivity index is 2.44. The maximum absolute atomic E-state index is 12.4. The zero-order valence-corrected chi connectivity index (χ0v) is 5.69. The Hall–Kier alpha value is -0.180. The molecule has 0 N–H and O–H groups in total. The molecule has 0 amide bonds. The first-order valence-electron chi connectivity index (χ1n) is 3.10. The first-order valence-corrected chi connectivity index (χ1v) is 3.10. The summed E-state index contributed by atoms with van der Waals surface area (Å²) in [5.74, 6) is -2.51. The van der Waals surface area contributed by atoms with E-state index in [-0.39, 0.29) is 0 Å². The highest BCUT2D eigenvalue weighted by Gasteiger charge is 2.41. The molecule has 1 nitrogen and oxygen atoms in total. The normalized spacial score (nSPS) is 30.0. The Morgan fingerprint density at radius 1 is 1.56 bits per heavy atom. The van der Waals surface area contributed by atoms with Crippen LogP contribution in [0.3, 0.4) is 0 Å². The molecule has 1 fully saturated rings. The van der Waals surface area contributed by atoms with Gasteiger partial charge in [0.2, 0.25) is 0 Å². The summed E-state index contributed by atoms with van der Waals surface area (Å²) in [6.07, 6.45) is 0.639. The Labute approximate surface area is 53.6 Å². The molecule has 0 aliphatic carbocycles. The van der Waals surface area contributed by atoms with Crippen LogP contribution in [0.2, 0.25) is 0 Å². The second-order valence-electron chi connectivity index (χ2n) is 2.74. The van der Waals surface area contributed by atoms with E-state index in [0.717, 1.165) is 13.5 Å². The molecule has 0 bridgehead atoms. The molecule has 0 spiro atoms. The number of hydrogen-bond acceptors (Lipinski definition) is 1. The minimum atomic E-state index is -2.51. The molecule has 1 heterocycles. The summed E-state index contributed by atoms with van der Waals surface area (Å²) in [5.41, 5.74) is 0. The molecule has 0 radical (unpaired) electrons. The Kier molecular flexibility index (Phi) is 1.47. The van der Waals surface area contributed by atoms with E-state index in [2.05, 4.69) is 0 Å². The molecule has 0 aromatic carbocycles. The SMILES string of the molecule is CN1CC[C@H]1C(C)(F)F. The van der Waals surface area contributed by atoms with E-state index in [1.54, 1.807) is 11.9 Å². The van der Waals surface area contributed by atoms with Gasteiger partial charge in [-0.2, -0.15) is 0 Å². The van der Waals surface area contributed by atoms with Crippen LogP contribution in [0.5, 0.6) is 0 Å². The molecular weight excluding hydrogens is 124 g/mol. The summed E-state index contributed by atoms with van der Waals surface area (Å²) < 4.78 is 24.8. The maximum atomic E-state index is 12.4. The van der Waals surface area contributed by atoms with Gasteiger partial charge in [-0.05, 0) is 13.5 Å². The summed E-state index contributed by atoms with van der Waals surface area (Å²) in [5, 5.41) is 0. The van der Waals surface area contributed by atoms with Gasteiger partial charge in [0, 0.05) is 13.5 Å². The second kappa shape index (κ2) is 1.90. The van der Waals surface area contributed by atoms with Gasteiger partial charge in [0.05, 0.1) is 6.04 Å². The lowest BCUT2D eigenvalue weighted by Gasteiger charge is -2.41. The highest BCUT2D eigenvalue weighted by atomic mass is 19.3. The fourth-order valence-electron chi connectivity index (χ4n) is 1.16. The van der Waals surface area contributed by atoms with Crippen LogP contribution in [-0.4, -0.2) is 30.5 Å². The largest absolute Gasteiger partial charge is 0.298 e. The lowest BCUT2D eigenvalue weighted by molar-refractivity contribution is -0.0992. The zero-order chi connectivity index (χ0) is 7.07. The van der Waals surface area contributed by atoms with Gasteiger partial charge < -0.3 is 0 Å². The van der Waals surface area contributed by atoms with Crippen molar-refractivity contribution < 1.29 is 8.78 Å². The van der Waals surface area contributed by atoms with Crippen molar-refractivity contribution in [2.45, 2.75) is 25.3 Å². The van der Waals surface area contributed by atoms with Crippen LogP contribution in [0.1, 0.15) is 13.3 Å². The number of rotatable bonds is 1. The van der Waals surface area contributed by atoms with Crippen molar-refractivity contribution in [3.8, 4) is 0 Å². The van der Waals surface area contributed by atoms with Crippen LogP contribution in [0.25, 0.3) is 0 Å². The summed E-state index contributed by atoms with van der Waals surface area (Å²) >= 11 is 0. The van der Waals surface area contributed by atoms with Crippen LogP contribution in [0, 0.1) is 0 Å². The lowest BCUT2D eigenvalue weighted by atomic mass is 9.99. The van der Waals surface area contributed by atoms with Gasteiger partial charge in [0.1, 0.15) is 0 Å². The summed E-state index contributed by atoms with van der Waals surface area (Å²) in [7, 11) is 1.73. The molecule has 1 aliphatic heterocycles. The second-order valence-corrected chi connectivity index (χ2v) is 2.74. The average Bonchev–Trinajstić information content (AvgIpc) is 1.57. The van der Waals surface area contributed by atoms with Crippen molar-refractivity contribution in [1.82, 2.24) is 4.90 Å². The van der Waals surface area contributed by atoms with Crippen molar-refractivity contribution in [2.24, 2.45) is 0 Å². The average molecular weight is 135 g/mol. The molecular formula is C6H11F2N. The smallest absolute Gasteiger partial charge is 0.260 e. The van der Waals surface area contributed by atoms with E-state index in [9.17, 15) is 8.78 Å². The Morgan fingerprint density at radius 2 is 2.11 bits per heavy atom. The fourth-order valence-corrected chi connectivity index (χ4v) is 1.16. The van der Waals surface area contributed by atoms with E-state index in [0.29, 0.717) is 6.42 Å². The first-order chi connectivity index (χ1) is 4.02. The first kappa shape index (κ1) is 6.93. The zero-order valence-electron chi connectivity index (χ0n) is 5.69. The van der Waals surface area contributed by atoms with Crippen molar-refractivity contribution >= 4 is 0 Å². The summed E-state index contributed by atoms with van der Waals surface area (Å²) in [6.45, 7) is 1.79. The maximum Gasteiger partial charge on any atom is 0.260 e. The molecule has 9 heavy (non-hydrogen) atoms. The van der Waals surface area contributed by atoms with Crippen molar-refractivity contribution in [1.29, 1.82) is 0 Å². The summed E-state index contributed by atoms with van der Waals surface area (Å²) in [4.78, 5) is 1.68. The molecule has 1 aliphatic rings. The third kappa shape index (κ3) is 1.21. The fraction of sp³-hybridized carbons (Fsp3) is 1.00. The number of alkyl halides is 2. The minimum absolute atomic E-state index is 0.502. The van der Waals surface area contributed by atoms with Crippen molar-refractivity contribution in [3.63, 3.8) is 0 Å². The van der Waals surface area contributed by atoms with Crippen molar-refractivity contribution in [3.05, 3.63) is 0 Å². The number of halogens is 2. The van der Waals surface area contributed by atoms with E-state index in [4.69, 9.17) is 0 Å². The van der Waals surface area contributed by atoms with Gasteiger partial charge in [-0.1, -0.05) is 0 Å². The molecule has 0 saturated carbocycles. The van der Waals surface area contributed by atoms with E-state index < -0.39 is 12.0 Å². The number of likely N-dealkylation sites (tertiary alicyclic amines) is 1. The van der Waals surface area contributed by atoms with Gasteiger partial charge in [0.15, 0.2) is 0 Å². The third-order valence-electron chi connectivity index (χ3n) is 1.87. The van der Waals surface area contributed by atoms with Gasteiger partial charge in [-0.3, -0.25) is 4.90 Å². The van der Waals surface area contributed by atoms with Crippen LogP contribution >= 0.6 is 0 Å². The Morgan fingerprint density at radius 3 is 2.11 bits per heavy atom. The number of nitrogens with zero attached hydrogens (tertiary/aromatic N) is 1. The van der Waals surface area contributed by atoms with Crippen molar-refractivity contribution in [2.75, 3.05) is 13.6 Å². The quantitative estimate of drug-likeness (QED) is 0.524. The topological polar surface area (TPSA) is 3.24 Å². The monoisotopic (exact) mass is 135 g/mol. The predicted octanol–water partition coefficient (Wildman–Crippen LogP) is 1.35. The molecule has 0 aromatic rings. The Bertz CT molecular complexity index is 108. The number of hydrogen-bond donors (Lipinski definition) is 0. The molecule has 3 heteroatoms. The summed E-state index contributed by atoms with van der Waals surface area (Å²) in [6, 6.07) is -0.502. The van der Waals surface area contributed by atoms with Crippen LogP contribution < -0.4 is 0 Å². The van der Waals surface area contributed by atoms with Crippen LogP contribution in [0.15, 0.2) is 0 Å². The molecule has 54 valence electrons. The van der Waals surface area contributed by atoms with E-state index in [1.165, 1.54) is 0 Å². The van der Waals surface area contributed by atoms with Crippen LogP contribution in [-0.2, 0) is 0 Å². The van der Waals surface area contributed by atoms with Crippen LogP contribution in [0.4, 0.5) is 8.78 Å². The van der Waals surface area contributed by atoms with E-state index in [1.807, 2.05) is 0 Å². The minimum Gasteiger partial charge on any atom is -0.298 e. The highest BCUT2D eigenvalue weighted by molar-refractivity contribution is 4.88. The third-order valence-corrected chi connectivity index (χ3v) is 1.87. The van der Waals surface area contributed by atoms with Gasteiger partial charge >= 0.3 is 0 Å².